The lowest BCUT2D eigenvalue weighted by Crippen LogP contribution is -2.46. The zero-order valence-corrected chi connectivity index (χ0v) is 14.8. The van der Waals surface area contributed by atoms with E-state index in [4.69, 9.17) is 4.74 Å². The fraction of sp³-hybridized carbons (Fsp3) is 0.333. The summed E-state index contributed by atoms with van der Waals surface area (Å²) in [5.41, 5.74) is 2.26. The van der Waals surface area contributed by atoms with Crippen LogP contribution in [0.2, 0.25) is 0 Å². The molecule has 0 aliphatic carbocycles. The second-order valence-corrected chi connectivity index (χ2v) is 6.92. The SMILES string of the molecule is CCOC(=O)c1sc(C)c2c1NC(C)N(Cc1ccccc1)C2=O. The van der Waals surface area contributed by atoms with Crippen molar-refractivity contribution in [2.45, 2.75) is 33.5 Å². The summed E-state index contributed by atoms with van der Waals surface area (Å²) in [7, 11) is 0. The van der Waals surface area contributed by atoms with Crippen molar-refractivity contribution in [3.8, 4) is 0 Å². The minimum atomic E-state index is -0.379. The fourth-order valence-electron chi connectivity index (χ4n) is 2.88. The van der Waals surface area contributed by atoms with Gasteiger partial charge in [-0.05, 0) is 26.3 Å². The lowest BCUT2D eigenvalue weighted by molar-refractivity contribution is 0.0533. The maximum absolute atomic E-state index is 13.0. The van der Waals surface area contributed by atoms with Gasteiger partial charge < -0.3 is 15.0 Å². The van der Waals surface area contributed by atoms with Crippen LogP contribution >= 0.6 is 11.3 Å². The molecule has 0 saturated heterocycles. The van der Waals surface area contributed by atoms with Gasteiger partial charge in [0.2, 0.25) is 0 Å². The zero-order valence-electron chi connectivity index (χ0n) is 14.0. The van der Waals surface area contributed by atoms with Crippen LogP contribution in [0.25, 0.3) is 0 Å². The van der Waals surface area contributed by atoms with E-state index in [9.17, 15) is 9.59 Å². The van der Waals surface area contributed by atoms with Crippen molar-refractivity contribution in [1.82, 2.24) is 4.90 Å². The Hall–Kier alpha value is -2.34. The predicted octanol–water partition coefficient (Wildman–Crippen LogP) is 3.65. The molecule has 1 aliphatic heterocycles. The van der Waals surface area contributed by atoms with Gasteiger partial charge in [0, 0.05) is 11.4 Å². The van der Waals surface area contributed by atoms with Gasteiger partial charge >= 0.3 is 5.97 Å². The lowest BCUT2D eigenvalue weighted by Gasteiger charge is -2.35. The summed E-state index contributed by atoms with van der Waals surface area (Å²) in [4.78, 5) is 28.2. The number of nitrogens with one attached hydrogen (secondary N) is 1. The molecular weight excluding hydrogens is 324 g/mol. The highest BCUT2D eigenvalue weighted by Crippen LogP contribution is 2.38. The number of hydrogen-bond donors (Lipinski definition) is 1. The van der Waals surface area contributed by atoms with Gasteiger partial charge in [0.15, 0.2) is 0 Å². The third kappa shape index (κ3) is 2.89. The predicted molar refractivity (Wildman–Crippen MR) is 94.4 cm³/mol. The average Bonchev–Trinajstić information content (AvgIpc) is 2.89. The van der Waals surface area contributed by atoms with E-state index in [0.29, 0.717) is 29.3 Å². The first-order valence-corrected chi connectivity index (χ1v) is 8.76. The molecule has 126 valence electrons. The van der Waals surface area contributed by atoms with Crippen LogP contribution in [0, 0.1) is 6.92 Å². The summed E-state index contributed by atoms with van der Waals surface area (Å²) in [6.07, 6.45) is -0.201. The van der Waals surface area contributed by atoms with Gasteiger partial charge in [0.05, 0.1) is 24.0 Å². The highest BCUT2D eigenvalue weighted by atomic mass is 32.1. The molecule has 3 rings (SSSR count). The number of ether oxygens (including phenoxy) is 1. The molecule has 1 aliphatic rings. The van der Waals surface area contributed by atoms with E-state index in [1.165, 1.54) is 11.3 Å². The Morgan fingerprint density at radius 3 is 2.71 bits per heavy atom. The largest absolute Gasteiger partial charge is 0.462 e. The van der Waals surface area contributed by atoms with Crippen LogP contribution in [0.15, 0.2) is 30.3 Å². The van der Waals surface area contributed by atoms with E-state index in [-0.39, 0.29) is 18.0 Å². The van der Waals surface area contributed by atoms with Crippen molar-refractivity contribution in [3.05, 3.63) is 51.2 Å². The van der Waals surface area contributed by atoms with Crippen LogP contribution in [0.3, 0.4) is 0 Å². The van der Waals surface area contributed by atoms with Crippen LogP contribution in [0.4, 0.5) is 5.69 Å². The number of rotatable bonds is 4. The van der Waals surface area contributed by atoms with Gasteiger partial charge in [0.25, 0.3) is 5.91 Å². The van der Waals surface area contributed by atoms with E-state index in [1.807, 2.05) is 44.2 Å². The Labute approximate surface area is 145 Å². The molecule has 0 saturated carbocycles. The van der Waals surface area contributed by atoms with Crippen LogP contribution in [0.5, 0.6) is 0 Å². The molecule has 0 fully saturated rings. The lowest BCUT2D eigenvalue weighted by atomic mass is 10.1. The molecule has 1 N–H and O–H groups in total. The van der Waals surface area contributed by atoms with E-state index in [0.717, 1.165) is 10.4 Å². The summed E-state index contributed by atoms with van der Waals surface area (Å²) in [5.74, 6) is -0.430. The summed E-state index contributed by atoms with van der Waals surface area (Å²) < 4.78 is 5.11. The van der Waals surface area contributed by atoms with Crippen molar-refractivity contribution in [3.63, 3.8) is 0 Å². The van der Waals surface area contributed by atoms with Gasteiger partial charge in [0.1, 0.15) is 4.88 Å². The van der Waals surface area contributed by atoms with Crippen LogP contribution < -0.4 is 5.32 Å². The molecule has 6 heteroatoms. The summed E-state index contributed by atoms with van der Waals surface area (Å²) in [6.45, 7) is 6.40. The van der Waals surface area contributed by atoms with E-state index in [1.54, 1.807) is 11.8 Å². The molecule has 1 atom stereocenters. The van der Waals surface area contributed by atoms with Crippen molar-refractivity contribution >= 4 is 28.9 Å². The van der Waals surface area contributed by atoms with Crippen LogP contribution in [0.1, 0.15) is 44.3 Å². The molecule has 2 heterocycles. The Morgan fingerprint density at radius 1 is 1.33 bits per heavy atom. The molecule has 0 spiro atoms. The first-order valence-electron chi connectivity index (χ1n) is 7.94. The van der Waals surface area contributed by atoms with Gasteiger partial charge in [-0.25, -0.2) is 4.79 Å². The number of esters is 1. The smallest absolute Gasteiger partial charge is 0.350 e. The molecule has 1 aromatic heterocycles. The number of aryl methyl sites for hydroxylation is 1. The Kier molecular flexibility index (Phi) is 4.57. The molecule has 0 bridgehead atoms. The normalized spacial score (nSPS) is 16.5. The van der Waals surface area contributed by atoms with Crippen molar-refractivity contribution < 1.29 is 14.3 Å². The Bertz CT molecular complexity index is 770. The third-order valence-electron chi connectivity index (χ3n) is 4.04. The quantitative estimate of drug-likeness (QED) is 0.860. The third-order valence-corrected chi connectivity index (χ3v) is 5.12. The van der Waals surface area contributed by atoms with Gasteiger partial charge in [-0.15, -0.1) is 11.3 Å². The number of thiophene rings is 1. The summed E-state index contributed by atoms with van der Waals surface area (Å²) >= 11 is 1.31. The number of anilines is 1. The highest BCUT2D eigenvalue weighted by molar-refractivity contribution is 7.15. The van der Waals surface area contributed by atoms with E-state index >= 15 is 0 Å². The minimum absolute atomic E-state index is 0.0515. The molecule has 1 amide bonds. The number of benzene rings is 1. The topological polar surface area (TPSA) is 58.6 Å². The first-order chi connectivity index (χ1) is 11.5. The summed E-state index contributed by atoms with van der Waals surface area (Å²) in [6, 6.07) is 9.87. The molecular formula is C18H20N2O3S. The average molecular weight is 344 g/mol. The molecule has 5 nitrogen and oxygen atoms in total. The maximum atomic E-state index is 13.0. The van der Waals surface area contributed by atoms with E-state index < -0.39 is 0 Å². The minimum Gasteiger partial charge on any atom is -0.462 e. The fourth-order valence-corrected chi connectivity index (χ4v) is 3.88. The van der Waals surface area contributed by atoms with Crippen LogP contribution in [-0.2, 0) is 11.3 Å². The molecule has 24 heavy (non-hydrogen) atoms. The van der Waals surface area contributed by atoms with Crippen molar-refractivity contribution in [2.75, 3.05) is 11.9 Å². The standard InChI is InChI=1S/C18H20N2O3S/c1-4-23-18(22)16-15-14(11(2)24-16)17(21)20(12(3)19-15)10-13-8-6-5-7-9-13/h5-9,12,19H,4,10H2,1-3H3. The monoisotopic (exact) mass is 344 g/mol. The van der Waals surface area contributed by atoms with Crippen LogP contribution in [-0.4, -0.2) is 29.5 Å². The van der Waals surface area contributed by atoms with E-state index in [2.05, 4.69) is 5.32 Å². The number of hydrogen-bond acceptors (Lipinski definition) is 5. The van der Waals surface area contributed by atoms with Crippen molar-refractivity contribution in [1.29, 1.82) is 0 Å². The number of amides is 1. The number of carbonyl (C=O) groups excluding carboxylic acids is 2. The second-order valence-electron chi connectivity index (χ2n) is 5.70. The number of nitrogens with zero attached hydrogens (tertiary/aromatic N) is 1. The number of carbonyl (C=O) groups is 2. The van der Waals surface area contributed by atoms with Gasteiger partial charge in [-0.3, -0.25) is 4.79 Å². The molecule has 2 aromatic rings. The van der Waals surface area contributed by atoms with Gasteiger partial charge in [-0.1, -0.05) is 30.3 Å². The highest BCUT2D eigenvalue weighted by Gasteiger charge is 2.36. The van der Waals surface area contributed by atoms with Gasteiger partial charge in [-0.2, -0.15) is 0 Å². The second kappa shape index (κ2) is 6.65. The first kappa shape index (κ1) is 16.5. The number of fused-ring (bicyclic) bond motifs is 1. The maximum Gasteiger partial charge on any atom is 0.350 e. The summed E-state index contributed by atoms with van der Waals surface area (Å²) in [5, 5.41) is 3.30. The molecule has 0 radical (unpaired) electrons. The zero-order chi connectivity index (χ0) is 17.3. The van der Waals surface area contributed by atoms with Crippen molar-refractivity contribution in [2.24, 2.45) is 0 Å². The molecule has 1 unspecified atom stereocenters. The Balaban J connectivity index is 1.94. The molecule has 1 aromatic carbocycles. The Morgan fingerprint density at radius 2 is 2.04 bits per heavy atom.